The summed E-state index contributed by atoms with van der Waals surface area (Å²) in [4.78, 5) is 29.1. The number of hydrogen-bond donors (Lipinski definition) is 2. The van der Waals surface area contributed by atoms with Crippen molar-refractivity contribution in [2.24, 2.45) is 4.99 Å². The molecule has 6 heteroatoms. The van der Waals surface area contributed by atoms with E-state index in [-0.39, 0.29) is 18.2 Å². The summed E-state index contributed by atoms with van der Waals surface area (Å²) in [5.74, 6) is 0.535. The number of amides is 2. The summed E-state index contributed by atoms with van der Waals surface area (Å²) in [5, 5.41) is 6.43. The van der Waals surface area contributed by atoms with Crippen LogP contribution in [0.15, 0.2) is 65.7 Å². The zero-order valence-corrected chi connectivity index (χ0v) is 14.5. The highest BCUT2D eigenvalue weighted by molar-refractivity contribution is 8.14. The van der Waals surface area contributed by atoms with Gasteiger partial charge in [0.1, 0.15) is 0 Å². The van der Waals surface area contributed by atoms with Crippen molar-refractivity contribution in [1.29, 1.82) is 0 Å². The summed E-state index contributed by atoms with van der Waals surface area (Å²) < 4.78 is 0. The second kappa shape index (κ2) is 8.48. The minimum Gasteiger partial charge on any atom is -0.345 e. The topological polar surface area (TPSA) is 70.6 Å². The van der Waals surface area contributed by atoms with Gasteiger partial charge in [-0.25, -0.2) is 0 Å². The molecule has 0 aliphatic carbocycles. The standard InChI is InChI=1S/C19H19N3O2S/c23-17(22-19-20-11-12-25-19)13-16(14-7-3-1-4-8-14)21-18(24)15-9-5-2-6-10-15/h1-10,16H,11-13H2,(H,21,24)(H,20,22,23)/t16-/m0/s1. The smallest absolute Gasteiger partial charge is 0.251 e. The number of hydrogen-bond acceptors (Lipinski definition) is 4. The maximum absolute atomic E-state index is 12.5. The highest BCUT2D eigenvalue weighted by Gasteiger charge is 2.20. The Balaban J connectivity index is 1.71. The molecule has 0 bridgehead atoms. The second-order valence-corrected chi connectivity index (χ2v) is 6.67. The molecule has 128 valence electrons. The summed E-state index contributed by atoms with van der Waals surface area (Å²) >= 11 is 1.54. The van der Waals surface area contributed by atoms with Crippen LogP contribution >= 0.6 is 11.8 Å². The van der Waals surface area contributed by atoms with Gasteiger partial charge >= 0.3 is 0 Å². The maximum atomic E-state index is 12.5. The van der Waals surface area contributed by atoms with Gasteiger partial charge in [0.25, 0.3) is 5.91 Å². The molecule has 1 aliphatic heterocycles. The van der Waals surface area contributed by atoms with E-state index >= 15 is 0 Å². The zero-order chi connectivity index (χ0) is 17.5. The van der Waals surface area contributed by atoms with Crippen molar-refractivity contribution in [1.82, 2.24) is 10.6 Å². The number of carbonyl (C=O) groups excluding carboxylic acids is 2. The first-order valence-corrected chi connectivity index (χ1v) is 9.09. The molecule has 1 aliphatic rings. The second-order valence-electron chi connectivity index (χ2n) is 5.59. The third kappa shape index (κ3) is 4.93. The molecule has 25 heavy (non-hydrogen) atoms. The summed E-state index contributed by atoms with van der Waals surface area (Å²) in [5.41, 5.74) is 1.46. The molecule has 1 atom stereocenters. The van der Waals surface area contributed by atoms with Crippen molar-refractivity contribution in [3.05, 3.63) is 71.8 Å². The Morgan fingerprint density at radius 3 is 2.36 bits per heavy atom. The number of rotatable bonds is 5. The molecule has 0 saturated carbocycles. The molecule has 5 nitrogen and oxygen atoms in total. The van der Waals surface area contributed by atoms with E-state index in [9.17, 15) is 9.59 Å². The Morgan fingerprint density at radius 2 is 1.72 bits per heavy atom. The number of carbonyl (C=O) groups is 2. The van der Waals surface area contributed by atoms with Crippen LogP contribution in [0.1, 0.15) is 28.4 Å². The molecule has 0 fully saturated rings. The Kier molecular flexibility index (Phi) is 5.85. The van der Waals surface area contributed by atoms with Crippen LogP contribution < -0.4 is 10.6 Å². The lowest BCUT2D eigenvalue weighted by Crippen LogP contribution is -2.35. The average Bonchev–Trinajstić information content (AvgIpc) is 3.15. The molecule has 2 amide bonds. The van der Waals surface area contributed by atoms with E-state index in [0.717, 1.165) is 17.9 Å². The summed E-state index contributed by atoms with van der Waals surface area (Å²) in [6, 6.07) is 18.1. The van der Waals surface area contributed by atoms with Gasteiger partial charge in [0, 0.05) is 11.3 Å². The molecule has 2 aromatic carbocycles. The van der Waals surface area contributed by atoms with Crippen LogP contribution in [-0.2, 0) is 4.79 Å². The summed E-state index contributed by atoms with van der Waals surface area (Å²) in [7, 11) is 0. The van der Waals surface area contributed by atoms with Gasteiger partial charge in [-0.2, -0.15) is 0 Å². The first-order chi connectivity index (χ1) is 12.2. The molecule has 0 unspecified atom stereocenters. The van der Waals surface area contributed by atoms with E-state index in [2.05, 4.69) is 15.6 Å². The van der Waals surface area contributed by atoms with Crippen molar-refractivity contribution in [3.63, 3.8) is 0 Å². The molecule has 3 rings (SSSR count). The van der Waals surface area contributed by atoms with E-state index in [1.807, 2.05) is 48.5 Å². The molecule has 0 saturated heterocycles. The Bertz CT molecular complexity index is 763. The number of thioether (sulfide) groups is 1. The van der Waals surface area contributed by atoms with E-state index in [1.165, 1.54) is 11.8 Å². The number of benzene rings is 2. The molecule has 1 heterocycles. The van der Waals surface area contributed by atoms with Crippen LogP contribution in [0.2, 0.25) is 0 Å². The third-order valence-corrected chi connectivity index (χ3v) is 4.66. The van der Waals surface area contributed by atoms with Gasteiger partial charge in [-0.3, -0.25) is 14.6 Å². The number of amidine groups is 1. The molecule has 0 spiro atoms. The van der Waals surface area contributed by atoms with Gasteiger partial charge in [0.2, 0.25) is 5.91 Å². The van der Waals surface area contributed by atoms with Crippen molar-refractivity contribution >= 4 is 28.7 Å². The fourth-order valence-corrected chi connectivity index (χ4v) is 3.28. The minimum atomic E-state index is -0.402. The van der Waals surface area contributed by atoms with Gasteiger partial charge < -0.3 is 10.6 Å². The van der Waals surface area contributed by atoms with Gasteiger partial charge in [0.05, 0.1) is 19.0 Å². The monoisotopic (exact) mass is 353 g/mol. The lowest BCUT2D eigenvalue weighted by molar-refractivity contribution is -0.120. The van der Waals surface area contributed by atoms with Crippen LogP contribution in [0.5, 0.6) is 0 Å². The van der Waals surface area contributed by atoms with Crippen molar-refractivity contribution < 1.29 is 9.59 Å². The number of aliphatic imine (C=N–C) groups is 1. The normalized spacial score (nSPS) is 14.5. The fourth-order valence-electron chi connectivity index (χ4n) is 2.54. The van der Waals surface area contributed by atoms with Crippen molar-refractivity contribution in [3.8, 4) is 0 Å². The Morgan fingerprint density at radius 1 is 1.04 bits per heavy atom. The molecule has 0 aromatic heterocycles. The van der Waals surface area contributed by atoms with Gasteiger partial charge in [-0.1, -0.05) is 60.3 Å². The molecular formula is C19H19N3O2S. The van der Waals surface area contributed by atoms with E-state index in [1.54, 1.807) is 12.1 Å². The Labute approximate surface area is 150 Å². The highest BCUT2D eigenvalue weighted by Crippen LogP contribution is 2.18. The molecule has 0 radical (unpaired) electrons. The van der Waals surface area contributed by atoms with Crippen LogP contribution in [0, 0.1) is 0 Å². The maximum Gasteiger partial charge on any atom is 0.251 e. The minimum absolute atomic E-state index is 0.155. The molecular weight excluding hydrogens is 334 g/mol. The predicted octanol–water partition coefficient (Wildman–Crippen LogP) is 2.77. The number of nitrogens with one attached hydrogen (secondary N) is 2. The summed E-state index contributed by atoms with van der Waals surface area (Å²) in [6.07, 6.45) is 0.155. The quantitative estimate of drug-likeness (QED) is 0.868. The summed E-state index contributed by atoms with van der Waals surface area (Å²) in [6.45, 7) is 0.729. The van der Waals surface area contributed by atoms with E-state index in [0.29, 0.717) is 10.7 Å². The van der Waals surface area contributed by atoms with Crippen LogP contribution in [0.25, 0.3) is 0 Å². The molecule has 2 aromatic rings. The first kappa shape index (κ1) is 17.2. The average molecular weight is 353 g/mol. The fraction of sp³-hybridized carbons (Fsp3) is 0.211. The van der Waals surface area contributed by atoms with Crippen LogP contribution in [0.3, 0.4) is 0 Å². The van der Waals surface area contributed by atoms with Crippen LogP contribution in [-0.4, -0.2) is 29.3 Å². The van der Waals surface area contributed by atoms with Gasteiger partial charge in [-0.15, -0.1) is 0 Å². The van der Waals surface area contributed by atoms with E-state index in [4.69, 9.17) is 0 Å². The van der Waals surface area contributed by atoms with Gasteiger partial charge in [-0.05, 0) is 17.7 Å². The molecule has 2 N–H and O–H groups in total. The van der Waals surface area contributed by atoms with Gasteiger partial charge in [0.15, 0.2) is 5.17 Å². The highest BCUT2D eigenvalue weighted by atomic mass is 32.2. The van der Waals surface area contributed by atoms with Crippen molar-refractivity contribution in [2.75, 3.05) is 12.3 Å². The number of nitrogens with zero attached hydrogens (tertiary/aromatic N) is 1. The third-order valence-electron chi connectivity index (χ3n) is 3.76. The van der Waals surface area contributed by atoms with E-state index < -0.39 is 6.04 Å². The van der Waals surface area contributed by atoms with Crippen LogP contribution in [0.4, 0.5) is 0 Å². The first-order valence-electron chi connectivity index (χ1n) is 8.10. The predicted molar refractivity (Wildman–Crippen MR) is 101 cm³/mol. The lowest BCUT2D eigenvalue weighted by Gasteiger charge is -2.19. The lowest BCUT2D eigenvalue weighted by atomic mass is 10.0. The Hall–Kier alpha value is -2.60. The van der Waals surface area contributed by atoms with Crippen molar-refractivity contribution in [2.45, 2.75) is 12.5 Å². The largest absolute Gasteiger partial charge is 0.345 e. The SMILES string of the molecule is O=C(C[C@H](NC(=O)c1ccccc1)c1ccccc1)NC1=NCCS1. The zero-order valence-electron chi connectivity index (χ0n) is 13.6.